The summed E-state index contributed by atoms with van der Waals surface area (Å²) < 4.78 is 5.40. The maximum absolute atomic E-state index is 5.40. The van der Waals surface area contributed by atoms with Crippen molar-refractivity contribution >= 4 is 5.96 Å². The van der Waals surface area contributed by atoms with Crippen LogP contribution in [-0.4, -0.2) is 62.3 Å². The first-order valence-corrected chi connectivity index (χ1v) is 6.75. The van der Waals surface area contributed by atoms with E-state index in [1.54, 1.807) is 7.05 Å². The molecule has 0 aromatic rings. The SMILES string of the molecule is CN=C(NCC(C)(C)N1CCOCC1)NC(C)C. The lowest BCUT2D eigenvalue weighted by Crippen LogP contribution is -2.56. The van der Waals surface area contributed by atoms with Gasteiger partial charge in [0.05, 0.1) is 13.2 Å². The molecule has 1 fully saturated rings. The molecule has 2 N–H and O–H groups in total. The molecule has 0 spiro atoms. The summed E-state index contributed by atoms with van der Waals surface area (Å²) in [6.07, 6.45) is 0. The van der Waals surface area contributed by atoms with Crippen LogP contribution < -0.4 is 10.6 Å². The molecule has 1 rings (SSSR count). The van der Waals surface area contributed by atoms with Crippen LogP contribution in [0, 0.1) is 0 Å². The van der Waals surface area contributed by atoms with Gasteiger partial charge in [-0.1, -0.05) is 0 Å². The summed E-state index contributed by atoms with van der Waals surface area (Å²) in [7, 11) is 1.81. The van der Waals surface area contributed by atoms with Crippen LogP contribution in [0.5, 0.6) is 0 Å². The molecule has 0 aliphatic carbocycles. The Kier molecular flexibility index (Phi) is 5.88. The number of nitrogens with zero attached hydrogens (tertiary/aromatic N) is 2. The third-order valence-electron chi connectivity index (χ3n) is 3.20. The minimum atomic E-state index is 0.110. The van der Waals surface area contributed by atoms with Crippen LogP contribution in [0.1, 0.15) is 27.7 Å². The lowest BCUT2D eigenvalue weighted by molar-refractivity contribution is -0.00834. The molecule has 0 aromatic carbocycles. The fraction of sp³-hybridized carbons (Fsp3) is 0.923. The lowest BCUT2D eigenvalue weighted by atomic mass is 10.0. The summed E-state index contributed by atoms with van der Waals surface area (Å²) in [4.78, 5) is 6.69. The quantitative estimate of drug-likeness (QED) is 0.573. The summed E-state index contributed by atoms with van der Waals surface area (Å²) in [6, 6.07) is 0.391. The van der Waals surface area contributed by atoms with Crippen molar-refractivity contribution in [2.24, 2.45) is 4.99 Å². The largest absolute Gasteiger partial charge is 0.379 e. The van der Waals surface area contributed by atoms with Crippen molar-refractivity contribution in [1.82, 2.24) is 15.5 Å². The van der Waals surface area contributed by atoms with Crippen molar-refractivity contribution in [1.29, 1.82) is 0 Å². The van der Waals surface area contributed by atoms with Gasteiger partial charge in [-0.3, -0.25) is 9.89 Å². The van der Waals surface area contributed by atoms with E-state index in [0.29, 0.717) is 6.04 Å². The third-order valence-corrected chi connectivity index (χ3v) is 3.20. The normalized spacial score (nSPS) is 19.1. The highest BCUT2D eigenvalue weighted by atomic mass is 16.5. The predicted molar refractivity (Wildman–Crippen MR) is 76.1 cm³/mol. The number of nitrogens with one attached hydrogen (secondary N) is 2. The minimum absolute atomic E-state index is 0.110. The molecule has 1 heterocycles. The average Bonchev–Trinajstić information content (AvgIpc) is 2.35. The zero-order chi connectivity index (χ0) is 13.6. The van der Waals surface area contributed by atoms with Crippen LogP contribution in [0.3, 0.4) is 0 Å². The summed E-state index contributed by atoms with van der Waals surface area (Å²) in [5, 5.41) is 6.70. The zero-order valence-electron chi connectivity index (χ0n) is 12.4. The summed E-state index contributed by atoms with van der Waals surface area (Å²) >= 11 is 0. The van der Waals surface area contributed by atoms with Gasteiger partial charge >= 0.3 is 0 Å². The van der Waals surface area contributed by atoms with Crippen molar-refractivity contribution in [3.8, 4) is 0 Å². The van der Waals surface area contributed by atoms with E-state index < -0.39 is 0 Å². The molecule has 5 nitrogen and oxygen atoms in total. The maximum atomic E-state index is 5.40. The first-order chi connectivity index (χ1) is 8.45. The van der Waals surface area contributed by atoms with Crippen LogP contribution in [0.15, 0.2) is 4.99 Å². The Morgan fingerprint density at radius 3 is 2.44 bits per heavy atom. The van der Waals surface area contributed by atoms with E-state index in [-0.39, 0.29) is 5.54 Å². The molecule has 5 heteroatoms. The Morgan fingerprint density at radius 2 is 1.94 bits per heavy atom. The lowest BCUT2D eigenvalue weighted by Gasteiger charge is -2.41. The molecule has 18 heavy (non-hydrogen) atoms. The van der Waals surface area contributed by atoms with Gasteiger partial charge in [0.1, 0.15) is 0 Å². The highest BCUT2D eigenvalue weighted by Gasteiger charge is 2.28. The number of aliphatic imine (C=N–C) groups is 1. The van der Waals surface area contributed by atoms with E-state index in [9.17, 15) is 0 Å². The Bertz CT molecular complexity index is 270. The number of hydrogen-bond donors (Lipinski definition) is 2. The van der Waals surface area contributed by atoms with E-state index in [4.69, 9.17) is 4.74 Å². The van der Waals surface area contributed by atoms with Gasteiger partial charge in [-0.05, 0) is 27.7 Å². The topological polar surface area (TPSA) is 48.9 Å². The number of hydrogen-bond acceptors (Lipinski definition) is 3. The van der Waals surface area contributed by atoms with Crippen molar-refractivity contribution in [3.05, 3.63) is 0 Å². The van der Waals surface area contributed by atoms with Gasteiger partial charge in [0, 0.05) is 38.3 Å². The van der Waals surface area contributed by atoms with Gasteiger partial charge in [0.25, 0.3) is 0 Å². The second-order valence-electron chi connectivity index (χ2n) is 5.64. The minimum Gasteiger partial charge on any atom is -0.379 e. The van der Waals surface area contributed by atoms with Crippen LogP contribution in [-0.2, 0) is 4.74 Å². The zero-order valence-corrected chi connectivity index (χ0v) is 12.4. The molecule has 1 aliphatic rings. The Morgan fingerprint density at radius 1 is 1.33 bits per heavy atom. The van der Waals surface area contributed by atoms with Crippen LogP contribution in [0.4, 0.5) is 0 Å². The monoisotopic (exact) mass is 256 g/mol. The van der Waals surface area contributed by atoms with Crippen molar-refractivity contribution in [3.63, 3.8) is 0 Å². The highest BCUT2D eigenvalue weighted by Crippen LogP contribution is 2.14. The molecule has 0 atom stereocenters. The van der Waals surface area contributed by atoms with Gasteiger partial charge in [0.2, 0.25) is 0 Å². The number of ether oxygens (including phenoxy) is 1. The van der Waals surface area contributed by atoms with Gasteiger partial charge in [0.15, 0.2) is 5.96 Å². The number of guanidine groups is 1. The second-order valence-corrected chi connectivity index (χ2v) is 5.64. The molecule has 1 aliphatic heterocycles. The molecule has 0 bridgehead atoms. The van der Waals surface area contributed by atoms with Crippen molar-refractivity contribution < 1.29 is 4.74 Å². The Hall–Kier alpha value is -0.810. The molecular formula is C13H28N4O. The summed E-state index contributed by atoms with van der Waals surface area (Å²) in [6.45, 7) is 13.3. The smallest absolute Gasteiger partial charge is 0.191 e. The molecule has 0 unspecified atom stereocenters. The number of morpholine rings is 1. The fourth-order valence-electron chi connectivity index (χ4n) is 2.05. The summed E-state index contributed by atoms with van der Waals surface area (Å²) in [5.41, 5.74) is 0.110. The van der Waals surface area contributed by atoms with Crippen LogP contribution >= 0.6 is 0 Å². The van der Waals surface area contributed by atoms with Gasteiger partial charge < -0.3 is 15.4 Å². The molecular weight excluding hydrogens is 228 g/mol. The van der Waals surface area contributed by atoms with Crippen LogP contribution in [0.25, 0.3) is 0 Å². The van der Waals surface area contributed by atoms with E-state index in [1.807, 2.05) is 0 Å². The van der Waals surface area contributed by atoms with E-state index in [2.05, 4.69) is 48.2 Å². The van der Waals surface area contributed by atoms with Gasteiger partial charge in [-0.25, -0.2) is 0 Å². The maximum Gasteiger partial charge on any atom is 0.191 e. The molecule has 0 saturated carbocycles. The summed E-state index contributed by atoms with van der Waals surface area (Å²) in [5.74, 6) is 0.867. The second kappa shape index (κ2) is 6.95. The first-order valence-electron chi connectivity index (χ1n) is 6.75. The molecule has 0 radical (unpaired) electrons. The predicted octanol–water partition coefficient (Wildman–Crippen LogP) is 0.671. The first kappa shape index (κ1) is 15.2. The highest BCUT2D eigenvalue weighted by molar-refractivity contribution is 5.79. The van der Waals surface area contributed by atoms with Crippen LogP contribution in [0.2, 0.25) is 0 Å². The average molecular weight is 256 g/mol. The van der Waals surface area contributed by atoms with E-state index in [0.717, 1.165) is 38.8 Å². The van der Waals surface area contributed by atoms with E-state index >= 15 is 0 Å². The molecule has 1 saturated heterocycles. The van der Waals surface area contributed by atoms with Gasteiger partial charge in [-0.15, -0.1) is 0 Å². The Balaban J connectivity index is 2.44. The van der Waals surface area contributed by atoms with Gasteiger partial charge in [-0.2, -0.15) is 0 Å². The van der Waals surface area contributed by atoms with Crippen molar-refractivity contribution in [2.45, 2.75) is 39.3 Å². The fourth-order valence-corrected chi connectivity index (χ4v) is 2.05. The third kappa shape index (κ3) is 4.82. The Labute approximate surface area is 111 Å². The van der Waals surface area contributed by atoms with Crippen molar-refractivity contribution in [2.75, 3.05) is 39.9 Å². The molecule has 0 amide bonds. The molecule has 106 valence electrons. The standard InChI is InChI=1S/C13H28N4O/c1-11(2)16-12(14-5)15-10-13(3,4)17-6-8-18-9-7-17/h11H,6-10H2,1-5H3,(H2,14,15,16). The molecule has 0 aromatic heterocycles. The number of rotatable bonds is 4. The van der Waals surface area contributed by atoms with E-state index in [1.165, 1.54) is 0 Å².